The zero-order valence-electron chi connectivity index (χ0n) is 9.32. The smallest absolute Gasteiger partial charge is 0.251 e. The molecule has 0 unspecified atom stereocenters. The Morgan fingerprint density at radius 2 is 2.11 bits per heavy atom. The number of carbonyl (C=O) groups excluding carboxylic acids is 1. The van der Waals surface area contributed by atoms with Crippen LogP contribution in [0, 0.1) is 3.57 Å². The van der Waals surface area contributed by atoms with Crippen LogP contribution in [-0.4, -0.2) is 11.1 Å². The van der Waals surface area contributed by atoms with Gasteiger partial charge in [0.2, 0.25) is 0 Å². The Kier molecular flexibility index (Phi) is 4.60. The number of aromatic nitrogens is 1. The standard InChI is InChI=1S/C12H10ClIN2O2/c13-6-10-5-11(18-16-10)7-15-12(17)8-1-3-9(14)4-2-8/h1-5H,6-7H2,(H,15,17). The van der Waals surface area contributed by atoms with Crippen LogP contribution in [0.2, 0.25) is 0 Å². The molecule has 2 aromatic rings. The Morgan fingerprint density at radius 3 is 2.72 bits per heavy atom. The molecule has 18 heavy (non-hydrogen) atoms. The third kappa shape index (κ3) is 3.46. The number of amides is 1. The number of nitrogens with one attached hydrogen (secondary N) is 1. The van der Waals surface area contributed by atoms with Crippen LogP contribution >= 0.6 is 34.2 Å². The first-order chi connectivity index (χ1) is 8.69. The van der Waals surface area contributed by atoms with Crippen molar-refractivity contribution in [2.45, 2.75) is 12.4 Å². The van der Waals surface area contributed by atoms with Crippen LogP contribution in [0.1, 0.15) is 21.8 Å². The zero-order chi connectivity index (χ0) is 13.0. The molecule has 0 spiro atoms. The monoisotopic (exact) mass is 376 g/mol. The van der Waals surface area contributed by atoms with E-state index in [1.165, 1.54) is 0 Å². The summed E-state index contributed by atoms with van der Waals surface area (Å²) in [4.78, 5) is 11.8. The molecule has 0 aliphatic carbocycles. The predicted octanol–water partition coefficient (Wildman–Crippen LogP) is 2.95. The molecule has 0 saturated carbocycles. The summed E-state index contributed by atoms with van der Waals surface area (Å²) in [5, 5.41) is 6.49. The summed E-state index contributed by atoms with van der Waals surface area (Å²) < 4.78 is 6.10. The summed E-state index contributed by atoms with van der Waals surface area (Å²) in [6.45, 7) is 0.300. The van der Waals surface area contributed by atoms with E-state index in [4.69, 9.17) is 16.1 Å². The average molecular weight is 377 g/mol. The van der Waals surface area contributed by atoms with E-state index in [0.717, 1.165) is 3.57 Å². The van der Waals surface area contributed by atoms with Crippen LogP contribution in [0.15, 0.2) is 34.9 Å². The topological polar surface area (TPSA) is 55.1 Å². The fourth-order valence-corrected chi connectivity index (χ4v) is 1.86. The van der Waals surface area contributed by atoms with Crippen LogP contribution < -0.4 is 5.32 Å². The van der Waals surface area contributed by atoms with Crippen LogP contribution in [-0.2, 0) is 12.4 Å². The number of benzene rings is 1. The maximum absolute atomic E-state index is 11.8. The summed E-state index contributed by atoms with van der Waals surface area (Å²) in [7, 11) is 0. The van der Waals surface area contributed by atoms with Gasteiger partial charge in [-0.3, -0.25) is 4.79 Å². The lowest BCUT2D eigenvalue weighted by atomic mass is 10.2. The first-order valence-electron chi connectivity index (χ1n) is 5.23. The van der Waals surface area contributed by atoms with Crippen molar-refractivity contribution in [3.8, 4) is 0 Å². The summed E-state index contributed by atoms with van der Waals surface area (Å²) >= 11 is 7.79. The number of halogens is 2. The summed E-state index contributed by atoms with van der Waals surface area (Å²) in [6.07, 6.45) is 0. The van der Waals surface area contributed by atoms with Gasteiger partial charge in [-0.15, -0.1) is 11.6 Å². The Morgan fingerprint density at radius 1 is 1.39 bits per heavy atom. The fourth-order valence-electron chi connectivity index (χ4n) is 1.37. The normalized spacial score (nSPS) is 10.3. The van der Waals surface area contributed by atoms with Gasteiger partial charge in [0.05, 0.1) is 18.1 Å². The molecule has 1 heterocycles. The predicted molar refractivity (Wildman–Crippen MR) is 76.4 cm³/mol. The first kappa shape index (κ1) is 13.4. The van der Waals surface area contributed by atoms with E-state index in [2.05, 4.69) is 33.1 Å². The van der Waals surface area contributed by atoms with Gasteiger partial charge >= 0.3 is 0 Å². The lowest BCUT2D eigenvalue weighted by molar-refractivity contribution is 0.0947. The van der Waals surface area contributed by atoms with Crippen molar-refractivity contribution in [1.82, 2.24) is 10.5 Å². The second-order valence-electron chi connectivity index (χ2n) is 3.61. The molecule has 6 heteroatoms. The molecule has 1 aromatic carbocycles. The molecule has 94 valence electrons. The van der Waals surface area contributed by atoms with Crippen LogP contribution in [0.25, 0.3) is 0 Å². The van der Waals surface area contributed by atoms with Crippen molar-refractivity contribution in [3.05, 3.63) is 50.9 Å². The van der Waals surface area contributed by atoms with E-state index in [9.17, 15) is 4.79 Å². The summed E-state index contributed by atoms with van der Waals surface area (Å²) in [6, 6.07) is 9.05. The number of alkyl halides is 1. The second-order valence-corrected chi connectivity index (χ2v) is 5.12. The molecule has 0 radical (unpaired) electrons. The van der Waals surface area contributed by atoms with Crippen LogP contribution in [0.3, 0.4) is 0 Å². The summed E-state index contributed by atoms with van der Waals surface area (Å²) in [5.74, 6) is 0.744. The van der Waals surface area contributed by atoms with E-state index >= 15 is 0 Å². The molecule has 0 atom stereocenters. The highest BCUT2D eigenvalue weighted by atomic mass is 127. The van der Waals surface area contributed by atoms with Crippen molar-refractivity contribution in [2.75, 3.05) is 0 Å². The first-order valence-corrected chi connectivity index (χ1v) is 6.84. The fraction of sp³-hybridized carbons (Fsp3) is 0.167. The van der Waals surface area contributed by atoms with Gasteiger partial charge in [-0.2, -0.15) is 0 Å². The minimum Gasteiger partial charge on any atom is -0.359 e. The van der Waals surface area contributed by atoms with Crippen molar-refractivity contribution in [2.24, 2.45) is 0 Å². The third-order valence-corrected chi connectivity index (χ3v) is 3.27. The SMILES string of the molecule is O=C(NCc1cc(CCl)no1)c1ccc(I)cc1. The quantitative estimate of drug-likeness (QED) is 0.659. The van der Waals surface area contributed by atoms with E-state index in [1.807, 2.05) is 12.1 Å². The van der Waals surface area contributed by atoms with Gasteiger partial charge in [-0.25, -0.2) is 0 Å². The number of carbonyl (C=O) groups is 1. The molecule has 1 amide bonds. The van der Waals surface area contributed by atoms with E-state index in [1.54, 1.807) is 18.2 Å². The Bertz CT molecular complexity index is 539. The number of rotatable bonds is 4. The van der Waals surface area contributed by atoms with Crippen molar-refractivity contribution >= 4 is 40.1 Å². The molecule has 0 aliphatic rings. The minimum atomic E-state index is -0.143. The second kappa shape index (κ2) is 6.19. The molecular weight excluding hydrogens is 367 g/mol. The van der Waals surface area contributed by atoms with Gasteiger partial charge in [0.25, 0.3) is 5.91 Å². The zero-order valence-corrected chi connectivity index (χ0v) is 12.2. The molecule has 0 fully saturated rings. The van der Waals surface area contributed by atoms with Crippen molar-refractivity contribution in [1.29, 1.82) is 0 Å². The lowest BCUT2D eigenvalue weighted by Gasteiger charge is -2.02. The highest BCUT2D eigenvalue weighted by Gasteiger charge is 2.07. The van der Waals surface area contributed by atoms with Crippen molar-refractivity contribution in [3.63, 3.8) is 0 Å². The molecule has 1 N–H and O–H groups in total. The molecule has 4 nitrogen and oxygen atoms in total. The maximum atomic E-state index is 11.8. The van der Waals surface area contributed by atoms with Gasteiger partial charge in [-0.1, -0.05) is 5.16 Å². The molecule has 1 aromatic heterocycles. The number of nitrogens with zero attached hydrogens (tertiary/aromatic N) is 1. The molecule has 0 aliphatic heterocycles. The summed E-state index contributed by atoms with van der Waals surface area (Å²) in [5.41, 5.74) is 1.28. The largest absolute Gasteiger partial charge is 0.359 e. The Balaban J connectivity index is 1.93. The minimum absolute atomic E-state index is 0.143. The van der Waals surface area contributed by atoms with Gasteiger partial charge < -0.3 is 9.84 Å². The number of hydrogen-bond donors (Lipinski definition) is 1. The van der Waals surface area contributed by atoms with E-state index < -0.39 is 0 Å². The highest BCUT2D eigenvalue weighted by Crippen LogP contribution is 2.08. The molecule has 0 bridgehead atoms. The van der Waals surface area contributed by atoms with Crippen LogP contribution in [0.5, 0.6) is 0 Å². The Labute approximate surface area is 123 Å². The van der Waals surface area contributed by atoms with Crippen molar-refractivity contribution < 1.29 is 9.32 Å². The highest BCUT2D eigenvalue weighted by molar-refractivity contribution is 14.1. The van der Waals surface area contributed by atoms with Gasteiger partial charge in [0, 0.05) is 15.2 Å². The van der Waals surface area contributed by atoms with Gasteiger partial charge in [0.15, 0.2) is 5.76 Å². The van der Waals surface area contributed by atoms with Gasteiger partial charge in [0.1, 0.15) is 0 Å². The molecular formula is C12H10ClIN2O2. The maximum Gasteiger partial charge on any atom is 0.251 e. The third-order valence-electron chi connectivity index (χ3n) is 2.27. The average Bonchev–Trinajstić information content (AvgIpc) is 2.85. The van der Waals surface area contributed by atoms with Crippen LogP contribution in [0.4, 0.5) is 0 Å². The van der Waals surface area contributed by atoms with E-state index in [-0.39, 0.29) is 5.91 Å². The van der Waals surface area contributed by atoms with E-state index in [0.29, 0.717) is 29.4 Å². The lowest BCUT2D eigenvalue weighted by Crippen LogP contribution is -2.22. The molecule has 0 saturated heterocycles. The van der Waals surface area contributed by atoms with Gasteiger partial charge in [-0.05, 0) is 46.9 Å². The Hall–Kier alpha value is -1.08. The molecule has 2 rings (SSSR count). The number of hydrogen-bond acceptors (Lipinski definition) is 3.